The van der Waals surface area contributed by atoms with Crippen LogP contribution in [0.2, 0.25) is 0 Å². The highest BCUT2D eigenvalue weighted by Gasteiger charge is 2.25. The molecular weight excluding hydrogens is 432 g/mol. The third-order valence-electron chi connectivity index (χ3n) is 5.29. The van der Waals surface area contributed by atoms with Gasteiger partial charge in [-0.1, -0.05) is 42.4 Å². The van der Waals surface area contributed by atoms with Crippen LogP contribution in [0.15, 0.2) is 51.9 Å². The second-order valence-corrected chi connectivity index (χ2v) is 9.08. The average Bonchev–Trinajstić information content (AvgIpc) is 3.30. The molecule has 168 valence electrons. The number of aromatic nitrogens is 2. The summed E-state index contributed by atoms with van der Waals surface area (Å²) < 4.78 is 39.4. The number of amides is 1. The van der Waals surface area contributed by atoms with E-state index in [2.05, 4.69) is 14.9 Å². The van der Waals surface area contributed by atoms with Crippen molar-refractivity contribution in [1.29, 1.82) is 0 Å². The van der Waals surface area contributed by atoms with Crippen molar-refractivity contribution in [2.75, 3.05) is 31.0 Å². The number of para-hydroxylation sites is 1. The second-order valence-electron chi connectivity index (χ2n) is 7.42. The third-order valence-corrected chi connectivity index (χ3v) is 6.79. The molecular formula is C22H24N4O5S. The zero-order valence-electron chi connectivity index (χ0n) is 17.9. The lowest BCUT2D eigenvalue weighted by molar-refractivity contribution is 0.0272. The fraction of sp³-hybridized carbons (Fsp3) is 0.318. The molecule has 0 saturated carbocycles. The fourth-order valence-corrected chi connectivity index (χ4v) is 4.86. The van der Waals surface area contributed by atoms with Crippen LogP contribution >= 0.6 is 0 Å². The van der Waals surface area contributed by atoms with E-state index in [0.29, 0.717) is 49.5 Å². The highest BCUT2D eigenvalue weighted by Crippen LogP contribution is 2.26. The van der Waals surface area contributed by atoms with Crippen LogP contribution in [0.25, 0.3) is 11.4 Å². The van der Waals surface area contributed by atoms with Crippen LogP contribution in [-0.4, -0.2) is 55.7 Å². The summed E-state index contributed by atoms with van der Waals surface area (Å²) in [5.41, 5.74) is 2.44. The first-order valence-electron chi connectivity index (χ1n) is 10.3. The predicted molar refractivity (Wildman–Crippen MR) is 118 cm³/mol. The van der Waals surface area contributed by atoms with Crippen LogP contribution in [-0.2, 0) is 21.2 Å². The number of benzene rings is 2. The molecule has 1 saturated heterocycles. The summed E-state index contributed by atoms with van der Waals surface area (Å²) in [6.45, 7) is 5.50. The lowest BCUT2D eigenvalue weighted by Gasteiger charge is -2.25. The Morgan fingerprint density at radius 3 is 2.66 bits per heavy atom. The van der Waals surface area contributed by atoms with Gasteiger partial charge in [-0.15, -0.1) is 0 Å². The summed E-state index contributed by atoms with van der Waals surface area (Å²) in [6.07, 6.45) is 0.695. The molecule has 4 rings (SSSR count). The highest BCUT2D eigenvalue weighted by molar-refractivity contribution is 7.92. The van der Waals surface area contributed by atoms with Crippen LogP contribution in [0.5, 0.6) is 0 Å². The SMILES string of the molecule is CCc1ccccc1NS(=O)(=O)c1cc(-c2noc(C(=O)N3CCOCC3)n2)ccc1C. The average molecular weight is 457 g/mol. The molecule has 3 aromatic rings. The fourth-order valence-electron chi connectivity index (χ4n) is 3.49. The number of anilines is 1. The molecule has 1 N–H and O–H groups in total. The molecule has 2 heterocycles. The number of sulfonamides is 1. The molecule has 1 amide bonds. The minimum absolute atomic E-state index is 0.103. The van der Waals surface area contributed by atoms with Crippen molar-refractivity contribution in [3.8, 4) is 11.4 Å². The Labute approximate surface area is 186 Å². The Hall–Kier alpha value is -3.24. The van der Waals surface area contributed by atoms with Crippen molar-refractivity contribution in [1.82, 2.24) is 15.0 Å². The van der Waals surface area contributed by atoms with Crippen LogP contribution in [0, 0.1) is 6.92 Å². The van der Waals surface area contributed by atoms with Gasteiger partial charge in [-0.3, -0.25) is 9.52 Å². The largest absolute Gasteiger partial charge is 0.378 e. The number of aryl methyl sites for hydroxylation is 2. The molecule has 0 spiro atoms. The van der Waals surface area contributed by atoms with E-state index in [1.54, 1.807) is 36.1 Å². The van der Waals surface area contributed by atoms with Gasteiger partial charge in [0.1, 0.15) is 0 Å². The monoisotopic (exact) mass is 456 g/mol. The summed E-state index contributed by atoms with van der Waals surface area (Å²) >= 11 is 0. The number of hydrogen-bond acceptors (Lipinski definition) is 7. The van der Waals surface area contributed by atoms with Gasteiger partial charge in [0.15, 0.2) is 0 Å². The number of nitrogens with one attached hydrogen (secondary N) is 1. The smallest absolute Gasteiger partial charge is 0.316 e. The Bertz CT molecular complexity index is 1230. The molecule has 0 bridgehead atoms. The number of carbonyl (C=O) groups is 1. The van der Waals surface area contributed by atoms with Gasteiger partial charge in [-0.2, -0.15) is 4.98 Å². The summed E-state index contributed by atoms with van der Waals surface area (Å²) in [5, 5.41) is 3.89. The molecule has 32 heavy (non-hydrogen) atoms. The van der Waals surface area contributed by atoms with Crippen molar-refractivity contribution in [2.45, 2.75) is 25.2 Å². The summed E-state index contributed by atoms with van der Waals surface area (Å²) in [4.78, 5) is 18.4. The van der Waals surface area contributed by atoms with Crippen LogP contribution in [0.4, 0.5) is 5.69 Å². The molecule has 1 aliphatic heterocycles. The maximum absolute atomic E-state index is 13.1. The summed E-state index contributed by atoms with van der Waals surface area (Å²) in [5.74, 6) is -0.362. The topological polar surface area (TPSA) is 115 Å². The summed E-state index contributed by atoms with van der Waals surface area (Å²) in [7, 11) is -3.86. The molecule has 0 atom stereocenters. The van der Waals surface area contributed by atoms with Gasteiger partial charge in [0.25, 0.3) is 10.0 Å². The molecule has 9 nitrogen and oxygen atoms in total. The third kappa shape index (κ3) is 4.51. The normalized spacial score (nSPS) is 14.4. The van der Waals surface area contributed by atoms with Gasteiger partial charge >= 0.3 is 11.8 Å². The minimum atomic E-state index is -3.86. The van der Waals surface area contributed by atoms with Crippen LogP contribution in [0.3, 0.4) is 0 Å². The van der Waals surface area contributed by atoms with Crippen LogP contribution < -0.4 is 4.72 Å². The molecule has 1 fully saturated rings. The van der Waals surface area contributed by atoms with E-state index in [-0.39, 0.29) is 22.5 Å². The number of rotatable bonds is 6. The second kappa shape index (κ2) is 9.09. The van der Waals surface area contributed by atoms with Crippen molar-refractivity contribution < 1.29 is 22.5 Å². The van der Waals surface area contributed by atoms with Crippen molar-refractivity contribution in [3.05, 3.63) is 59.5 Å². The van der Waals surface area contributed by atoms with Crippen molar-refractivity contribution in [2.24, 2.45) is 0 Å². The molecule has 0 radical (unpaired) electrons. The van der Waals surface area contributed by atoms with Crippen molar-refractivity contribution >= 4 is 21.6 Å². The number of hydrogen-bond donors (Lipinski definition) is 1. The van der Waals surface area contributed by atoms with E-state index in [4.69, 9.17) is 9.26 Å². The Balaban J connectivity index is 1.62. The van der Waals surface area contributed by atoms with Gasteiger partial charge in [0.05, 0.1) is 23.8 Å². The predicted octanol–water partition coefficient (Wildman–Crippen LogP) is 2.88. The Kier molecular flexibility index (Phi) is 6.24. The van der Waals surface area contributed by atoms with E-state index < -0.39 is 10.0 Å². The van der Waals surface area contributed by atoms with E-state index in [9.17, 15) is 13.2 Å². The lowest BCUT2D eigenvalue weighted by atomic mass is 10.1. The number of morpholine rings is 1. The molecule has 0 aliphatic carbocycles. The van der Waals surface area contributed by atoms with Gasteiger partial charge in [0.2, 0.25) is 5.82 Å². The van der Waals surface area contributed by atoms with E-state index in [1.165, 1.54) is 6.07 Å². The van der Waals surface area contributed by atoms with Gasteiger partial charge < -0.3 is 14.2 Å². The lowest BCUT2D eigenvalue weighted by Crippen LogP contribution is -2.40. The highest BCUT2D eigenvalue weighted by atomic mass is 32.2. The quantitative estimate of drug-likeness (QED) is 0.606. The zero-order valence-corrected chi connectivity index (χ0v) is 18.7. The zero-order chi connectivity index (χ0) is 22.7. The molecule has 1 aliphatic rings. The van der Waals surface area contributed by atoms with Gasteiger partial charge in [0, 0.05) is 18.7 Å². The molecule has 1 aromatic heterocycles. The van der Waals surface area contributed by atoms with Crippen molar-refractivity contribution in [3.63, 3.8) is 0 Å². The first-order chi connectivity index (χ1) is 15.4. The molecule has 0 unspecified atom stereocenters. The van der Waals surface area contributed by atoms with E-state index >= 15 is 0 Å². The standard InChI is InChI=1S/C22H24N4O5S/c1-3-16-6-4-5-7-18(16)25-32(28,29)19-14-17(9-8-15(19)2)20-23-21(31-24-20)22(27)26-10-12-30-13-11-26/h4-9,14,25H,3,10-13H2,1-2H3. The maximum atomic E-state index is 13.1. The Morgan fingerprint density at radius 2 is 1.91 bits per heavy atom. The van der Waals surface area contributed by atoms with Crippen LogP contribution in [0.1, 0.15) is 28.7 Å². The van der Waals surface area contributed by atoms with Gasteiger partial charge in [-0.05, 0) is 36.6 Å². The molecule has 2 aromatic carbocycles. The molecule has 10 heteroatoms. The Morgan fingerprint density at radius 1 is 1.16 bits per heavy atom. The number of ether oxygens (including phenoxy) is 1. The minimum Gasteiger partial charge on any atom is -0.378 e. The van der Waals surface area contributed by atoms with E-state index in [0.717, 1.165) is 5.56 Å². The first kappa shape index (κ1) is 22.0. The first-order valence-corrected chi connectivity index (χ1v) is 11.8. The summed E-state index contributed by atoms with van der Waals surface area (Å²) in [6, 6.07) is 12.1. The number of carbonyl (C=O) groups excluding carboxylic acids is 1. The van der Waals surface area contributed by atoms with Gasteiger partial charge in [-0.25, -0.2) is 8.42 Å². The van der Waals surface area contributed by atoms with E-state index in [1.807, 2.05) is 19.1 Å². The number of nitrogens with zero attached hydrogens (tertiary/aromatic N) is 3. The maximum Gasteiger partial charge on any atom is 0.316 e.